The zero-order valence-electron chi connectivity index (χ0n) is 24.0. The van der Waals surface area contributed by atoms with E-state index in [1.165, 1.54) is 11.1 Å². The number of halogens is 6. The van der Waals surface area contributed by atoms with Crippen molar-refractivity contribution in [2.75, 3.05) is 6.54 Å². The highest BCUT2D eigenvalue weighted by atomic mass is 19.4. The Kier molecular flexibility index (Phi) is 6.05. The molecule has 45 heavy (non-hydrogen) atoms. The highest BCUT2D eigenvalue weighted by Gasteiger charge is 2.51. The third kappa shape index (κ3) is 4.23. The third-order valence-electron chi connectivity index (χ3n) is 9.82. The van der Waals surface area contributed by atoms with Crippen molar-refractivity contribution in [1.29, 1.82) is 0 Å². The van der Waals surface area contributed by atoms with Crippen molar-refractivity contribution in [3.8, 4) is 22.4 Å². The fourth-order valence-electron chi connectivity index (χ4n) is 7.96. The summed E-state index contributed by atoms with van der Waals surface area (Å²) in [6.45, 7) is 5.44. The lowest BCUT2D eigenvalue weighted by atomic mass is 9.75. The smallest absolute Gasteiger partial charge is 0.352 e. The van der Waals surface area contributed by atoms with E-state index < -0.39 is 23.5 Å². The summed E-state index contributed by atoms with van der Waals surface area (Å²) in [5, 5.41) is 0. The van der Waals surface area contributed by atoms with Gasteiger partial charge in [-0.25, -0.2) is 0 Å². The van der Waals surface area contributed by atoms with E-state index in [9.17, 15) is 26.3 Å². The largest absolute Gasteiger partial charge is 0.417 e. The molecular weight excluding hydrogens is 588 g/mol. The Hall–Kier alpha value is -4.53. The molecule has 9 heteroatoms. The lowest BCUT2D eigenvalue weighted by Gasteiger charge is -2.48. The van der Waals surface area contributed by atoms with E-state index in [4.69, 9.17) is 0 Å². The average Bonchev–Trinajstić information content (AvgIpc) is 3.47. The average molecular weight is 617 g/mol. The van der Waals surface area contributed by atoms with Crippen LogP contribution >= 0.6 is 0 Å². The second kappa shape index (κ2) is 9.73. The maximum absolute atomic E-state index is 14.4. The van der Waals surface area contributed by atoms with Gasteiger partial charge in [-0.2, -0.15) is 30.9 Å². The van der Waals surface area contributed by atoms with Crippen LogP contribution in [0.5, 0.6) is 0 Å². The Morgan fingerprint density at radius 1 is 0.756 bits per heavy atom. The lowest BCUT2D eigenvalue weighted by molar-refractivity contribution is -0.573. The van der Waals surface area contributed by atoms with Gasteiger partial charge >= 0.3 is 12.4 Å². The molecule has 228 valence electrons. The molecule has 1 aromatic heterocycles. The Bertz CT molecular complexity index is 1890. The molecule has 3 aromatic carbocycles. The number of nitrogens with zero attached hydrogens (tertiary/aromatic N) is 3. The van der Waals surface area contributed by atoms with Crippen LogP contribution in [-0.2, 0) is 25.2 Å². The Morgan fingerprint density at radius 3 is 2.27 bits per heavy atom. The lowest BCUT2D eigenvalue weighted by Crippen LogP contribution is -2.53. The molecule has 0 radical (unpaired) electrons. The van der Waals surface area contributed by atoms with Gasteiger partial charge in [0, 0.05) is 36.5 Å². The zero-order valence-corrected chi connectivity index (χ0v) is 24.0. The number of aromatic nitrogens is 1. The molecule has 0 bridgehead atoms. The first-order valence-electron chi connectivity index (χ1n) is 15.0. The Balaban J connectivity index is 1.44. The van der Waals surface area contributed by atoms with Crippen LogP contribution in [0.3, 0.4) is 0 Å². The van der Waals surface area contributed by atoms with E-state index >= 15 is 0 Å². The molecule has 0 fully saturated rings. The number of aryl methyl sites for hydroxylation is 1. The predicted molar refractivity (Wildman–Crippen MR) is 158 cm³/mol. The van der Waals surface area contributed by atoms with Crippen LogP contribution in [0.1, 0.15) is 51.9 Å². The van der Waals surface area contributed by atoms with Crippen molar-refractivity contribution >= 4 is 5.70 Å². The molecule has 0 N–H and O–H groups in total. The third-order valence-corrected chi connectivity index (χ3v) is 9.82. The highest BCUT2D eigenvalue weighted by molar-refractivity contribution is 5.82. The number of rotatable bonds is 1. The number of benzene rings is 3. The summed E-state index contributed by atoms with van der Waals surface area (Å²) in [5.74, 6) is -0.158. The number of pyridine rings is 1. The number of hydrogen-bond donors (Lipinski definition) is 0. The topological polar surface area (TPSA) is 10.4 Å². The fourth-order valence-corrected chi connectivity index (χ4v) is 7.96. The summed E-state index contributed by atoms with van der Waals surface area (Å²) in [7, 11) is 0. The molecule has 3 unspecified atom stereocenters. The predicted octanol–water partition coefficient (Wildman–Crippen LogP) is 8.57. The second-order valence-corrected chi connectivity index (χ2v) is 12.2. The van der Waals surface area contributed by atoms with Gasteiger partial charge < -0.3 is 9.80 Å². The molecule has 0 amide bonds. The van der Waals surface area contributed by atoms with Gasteiger partial charge in [0.05, 0.1) is 22.3 Å². The van der Waals surface area contributed by atoms with Crippen LogP contribution in [0, 0.1) is 0 Å². The molecule has 4 aromatic rings. The van der Waals surface area contributed by atoms with Gasteiger partial charge in [0.2, 0.25) is 11.4 Å². The van der Waals surface area contributed by atoms with Gasteiger partial charge in [-0.3, -0.25) is 0 Å². The van der Waals surface area contributed by atoms with Crippen molar-refractivity contribution in [1.82, 2.24) is 9.80 Å². The van der Waals surface area contributed by atoms with Crippen molar-refractivity contribution < 1.29 is 30.9 Å². The van der Waals surface area contributed by atoms with E-state index in [0.717, 1.165) is 30.2 Å². The van der Waals surface area contributed by atoms with Crippen molar-refractivity contribution in [3.05, 3.63) is 131 Å². The summed E-state index contributed by atoms with van der Waals surface area (Å²) < 4.78 is 87.8. The minimum absolute atomic E-state index is 0.0406. The second-order valence-electron chi connectivity index (χ2n) is 12.2. The molecule has 0 saturated heterocycles. The molecule has 0 saturated carbocycles. The molecule has 8 rings (SSSR count). The highest BCUT2D eigenvalue weighted by Crippen LogP contribution is 2.52. The van der Waals surface area contributed by atoms with E-state index in [2.05, 4.69) is 40.9 Å². The van der Waals surface area contributed by atoms with E-state index in [-0.39, 0.29) is 35.7 Å². The SMILES string of the molecule is C=C1C2C(CCc3cc(C(F)(F)F)c(C(F)(F)F)cc3-c3c(-c4ccccc4)ccc[n+]31)c1cccc3c1C1N(C=CN21)CC3. The summed E-state index contributed by atoms with van der Waals surface area (Å²) >= 11 is 0. The summed E-state index contributed by atoms with van der Waals surface area (Å²) in [5.41, 5.74) is 3.00. The van der Waals surface area contributed by atoms with Crippen molar-refractivity contribution in [2.24, 2.45) is 0 Å². The monoisotopic (exact) mass is 616 g/mol. The van der Waals surface area contributed by atoms with Gasteiger partial charge in [-0.1, -0.05) is 48.5 Å². The first kappa shape index (κ1) is 28.0. The number of fused-ring (bicyclic) bond motifs is 6. The van der Waals surface area contributed by atoms with Crippen LogP contribution in [-0.4, -0.2) is 22.4 Å². The van der Waals surface area contributed by atoms with Crippen LogP contribution < -0.4 is 4.57 Å². The normalized spacial score (nSPS) is 21.7. The van der Waals surface area contributed by atoms with Crippen LogP contribution in [0.15, 0.2) is 98.0 Å². The molecule has 5 heterocycles. The van der Waals surface area contributed by atoms with Crippen LogP contribution in [0.4, 0.5) is 26.3 Å². The maximum Gasteiger partial charge on any atom is 0.417 e. The van der Waals surface area contributed by atoms with Gasteiger partial charge in [-0.05, 0) is 66.3 Å². The summed E-state index contributed by atoms with van der Waals surface area (Å²) in [6, 6.07) is 20.3. The minimum Gasteiger partial charge on any atom is -0.352 e. The molecule has 3 nitrogen and oxygen atoms in total. The van der Waals surface area contributed by atoms with Gasteiger partial charge in [0.15, 0.2) is 6.20 Å². The molecule has 0 spiro atoms. The van der Waals surface area contributed by atoms with E-state index in [1.807, 2.05) is 47.0 Å². The molecule has 4 aliphatic rings. The fraction of sp³-hybridized carbons (Fsp3) is 0.250. The molecule has 3 atom stereocenters. The van der Waals surface area contributed by atoms with Gasteiger partial charge in [-0.15, -0.1) is 0 Å². The van der Waals surface area contributed by atoms with Crippen molar-refractivity contribution in [2.45, 2.75) is 49.7 Å². The van der Waals surface area contributed by atoms with E-state index in [1.54, 1.807) is 12.3 Å². The van der Waals surface area contributed by atoms with Gasteiger partial charge in [0.1, 0.15) is 12.2 Å². The van der Waals surface area contributed by atoms with Crippen LogP contribution in [0.25, 0.3) is 28.1 Å². The van der Waals surface area contributed by atoms with Gasteiger partial charge in [0.25, 0.3) is 0 Å². The molecule has 0 aliphatic carbocycles. The number of hydrogen-bond acceptors (Lipinski definition) is 2. The minimum atomic E-state index is -5.21. The quantitative estimate of drug-likeness (QED) is 0.157. The summed E-state index contributed by atoms with van der Waals surface area (Å²) in [4.78, 5) is 4.58. The first-order valence-corrected chi connectivity index (χ1v) is 15.0. The Labute approximate surface area is 256 Å². The Morgan fingerprint density at radius 2 is 1.51 bits per heavy atom. The molecular formula is C36H28F6N3+. The first-order chi connectivity index (χ1) is 21.5. The number of alkyl halides is 6. The standard InChI is InChI=1S/C36H28F6N3/c1-21-32-27(26-10-5-9-23-14-16-43-17-18-45(32)34(43)31(23)26)13-12-24-19-29(35(37,38)39)30(36(40,41)42)20-28(24)33-25(11-6-15-44(21)33)22-7-3-2-4-8-22/h2-11,15,17-20,27,32,34H,1,12-14,16H2/q+1. The molecule has 4 aliphatic heterocycles. The van der Waals surface area contributed by atoms with E-state index in [0.29, 0.717) is 29.4 Å². The van der Waals surface area contributed by atoms with Crippen molar-refractivity contribution in [3.63, 3.8) is 0 Å². The zero-order chi connectivity index (χ0) is 31.2. The maximum atomic E-state index is 14.4. The summed E-state index contributed by atoms with van der Waals surface area (Å²) in [6.07, 6.45) is -3.05. The van der Waals surface area contributed by atoms with Crippen LogP contribution in [0.2, 0.25) is 0 Å².